The average Bonchev–Trinajstić information content (AvgIpc) is 3.37. The molecule has 0 aliphatic heterocycles. The van der Waals surface area contributed by atoms with Crippen molar-refractivity contribution in [3.05, 3.63) is 36.5 Å². The summed E-state index contributed by atoms with van der Waals surface area (Å²) >= 11 is 0. The largest absolute Gasteiger partial charge is 0.466 e. The Morgan fingerprint density at radius 1 is 0.394 bits per heavy atom. The van der Waals surface area contributed by atoms with Crippen molar-refractivity contribution in [1.82, 2.24) is 5.32 Å². The highest BCUT2D eigenvalue weighted by Crippen LogP contribution is 2.18. The predicted octanol–water partition coefficient (Wildman–Crippen LogP) is 20.0. The van der Waals surface area contributed by atoms with E-state index in [-0.39, 0.29) is 18.5 Å². The quantitative estimate of drug-likeness (QED) is 0.0321. The molecule has 0 aromatic rings. The third-order valence-electron chi connectivity index (χ3n) is 14.7. The fraction of sp³-hybridized carbons (Fsp3) is 0.877. The first kappa shape index (κ1) is 69.1. The summed E-state index contributed by atoms with van der Waals surface area (Å²) < 4.78 is 5.47. The predicted molar refractivity (Wildman–Crippen MR) is 310 cm³/mol. The maximum atomic E-state index is 12.5. The van der Waals surface area contributed by atoms with Gasteiger partial charge >= 0.3 is 5.97 Å². The van der Waals surface area contributed by atoms with Gasteiger partial charge in [-0.2, -0.15) is 0 Å². The molecule has 0 radical (unpaired) electrons. The van der Waals surface area contributed by atoms with Crippen molar-refractivity contribution < 1.29 is 24.5 Å². The highest BCUT2D eigenvalue weighted by atomic mass is 16.5. The number of hydrogen-bond donors (Lipinski definition) is 3. The molecule has 2 unspecified atom stereocenters. The molecule has 0 rings (SSSR count). The summed E-state index contributed by atoms with van der Waals surface area (Å²) in [7, 11) is 0. The minimum Gasteiger partial charge on any atom is -0.466 e. The van der Waals surface area contributed by atoms with Crippen molar-refractivity contribution in [3.63, 3.8) is 0 Å². The molecule has 71 heavy (non-hydrogen) atoms. The molecule has 418 valence electrons. The summed E-state index contributed by atoms with van der Waals surface area (Å²) in [5.74, 6) is -0.0679. The van der Waals surface area contributed by atoms with Crippen LogP contribution in [0.25, 0.3) is 0 Å². The van der Waals surface area contributed by atoms with Crippen LogP contribution in [0.1, 0.15) is 341 Å². The minimum atomic E-state index is -0.845. The summed E-state index contributed by atoms with van der Waals surface area (Å²) in [4.78, 5) is 24.5. The maximum Gasteiger partial charge on any atom is 0.305 e. The van der Waals surface area contributed by atoms with Gasteiger partial charge in [0.05, 0.1) is 25.4 Å². The molecule has 0 saturated heterocycles. The highest BCUT2D eigenvalue weighted by molar-refractivity contribution is 5.76. The Balaban J connectivity index is 3.41. The molecule has 6 heteroatoms. The van der Waals surface area contributed by atoms with E-state index < -0.39 is 12.1 Å². The summed E-state index contributed by atoms with van der Waals surface area (Å²) in [5, 5.41) is 23.2. The number of aliphatic hydroxyl groups excluding tert-OH is 2. The Bertz CT molecular complexity index is 1150. The van der Waals surface area contributed by atoms with E-state index in [2.05, 4.69) is 43.5 Å². The van der Waals surface area contributed by atoms with E-state index in [0.717, 1.165) is 51.4 Å². The smallest absolute Gasteiger partial charge is 0.305 e. The molecule has 0 aromatic heterocycles. The fourth-order valence-corrected chi connectivity index (χ4v) is 9.77. The molecule has 0 saturated carbocycles. The van der Waals surface area contributed by atoms with Crippen molar-refractivity contribution in [2.75, 3.05) is 13.2 Å². The molecule has 2 atom stereocenters. The molecule has 6 nitrogen and oxygen atoms in total. The van der Waals surface area contributed by atoms with Gasteiger partial charge in [0.25, 0.3) is 0 Å². The van der Waals surface area contributed by atoms with Crippen LogP contribution in [0.4, 0.5) is 0 Å². The summed E-state index contributed by atoms with van der Waals surface area (Å²) in [6.07, 6.45) is 76.1. The van der Waals surface area contributed by atoms with E-state index in [1.54, 1.807) is 6.08 Å². The Hall–Kier alpha value is -1.92. The molecular formula is C65H123NO5. The lowest BCUT2D eigenvalue weighted by atomic mass is 10.0. The monoisotopic (exact) mass is 998 g/mol. The van der Waals surface area contributed by atoms with Gasteiger partial charge in [0.1, 0.15) is 0 Å². The molecular weight excluding hydrogens is 875 g/mol. The molecule has 3 N–H and O–H groups in total. The van der Waals surface area contributed by atoms with Gasteiger partial charge in [0, 0.05) is 12.8 Å². The first-order valence-corrected chi connectivity index (χ1v) is 31.8. The van der Waals surface area contributed by atoms with Crippen molar-refractivity contribution in [2.45, 2.75) is 353 Å². The van der Waals surface area contributed by atoms with Crippen LogP contribution in [0.2, 0.25) is 0 Å². The third-order valence-corrected chi connectivity index (χ3v) is 14.7. The number of esters is 1. The second-order valence-corrected chi connectivity index (χ2v) is 21.7. The van der Waals surface area contributed by atoms with Crippen LogP contribution in [0.15, 0.2) is 36.5 Å². The van der Waals surface area contributed by atoms with Crippen molar-refractivity contribution in [3.8, 4) is 0 Å². The van der Waals surface area contributed by atoms with E-state index in [0.29, 0.717) is 19.4 Å². The standard InChI is InChI=1S/C65H123NO5/c1-3-5-7-9-11-13-15-17-19-20-27-30-33-37-41-45-49-53-57-63(68)62(61-67)66-64(69)58-54-50-46-42-38-34-31-28-25-23-21-22-24-26-29-32-36-40-44-48-52-56-60-71-65(70)59-55-51-47-43-39-35-18-16-14-12-10-8-6-4-2/h10,12,16,18,53,57,62-63,67-68H,3-9,11,13-15,17,19-52,54-56,58-61H2,1-2H3,(H,66,69)/b12-10-,18-16-,57-53+. The zero-order valence-corrected chi connectivity index (χ0v) is 47.7. The molecule has 0 aliphatic carbocycles. The third kappa shape index (κ3) is 57.2. The fourth-order valence-electron chi connectivity index (χ4n) is 9.77. The van der Waals surface area contributed by atoms with Crippen LogP contribution >= 0.6 is 0 Å². The van der Waals surface area contributed by atoms with Gasteiger partial charge in [-0.15, -0.1) is 0 Å². The van der Waals surface area contributed by atoms with Crippen LogP contribution in [0.3, 0.4) is 0 Å². The molecule has 0 bridgehead atoms. The summed E-state index contributed by atoms with van der Waals surface area (Å²) in [5.41, 5.74) is 0. The first-order valence-electron chi connectivity index (χ1n) is 31.8. The highest BCUT2D eigenvalue weighted by Gasteiger charge is 2.18. The van der Waals surface area contributed by atoms with E-state index in [1.807, 2.05) is 6.08 Å². The van der Waals surface area contributed by atoms with Gasteiger partial charge in [0.15, 0.2) is 0 Å². The molecule has 1 amide bonds. The molecule has 0 heterocycles. The lowest BCUT2D eigenvalue weighted by Crippen LogP contribution is -2.45. The van der Waals surface area contributed by atoms with E-state index in [4.69, 9.17) is 4.74 Å². The lowest BCUT2D eigenvalue weighted by Gasteiger charge is -2.20. The number of hydrogen-bond acceptors (Lipinski definition) is 5. The number of rotatable bonds is 59. The molecule has 0 aliphatic rings. The van der Waals surface area contributed by atoms with Crippen LogP contribution in [-0.4, -0.2) is 47.4 Å². The number of allylic oxidation sites excluding steroid dienone is 5. The zero-order valence-electron chi connectivity index (χ0n) is 47.7. The number of aliphatic hydroxyl groups is 2. The van der Waals surface area contributed by atoms with Gasteiger partial charge in [-0.25, -0.2) is 0 Å². The van der Waals surface area contributed by atoms with Gasteiger partial charge in [0.2, 0.25) is 5.91 Å². The maximum absolute atomic E-state index is 12.5. The number of carbonyl (C=O) groups is 2. The normalized spacial score (nSPS) is 12.8. The van der Waals surface area contributed by atoms with Crippen molar-refractivity contribution >= 4 is 11.9 Å². The lowest BCUT2D eigenvalue weighted by molar-refractivity contribution is -0.143. The second kappa shape index (κ2) is 60.6. The number of amides is 1. The van der Waals surface area contributed by atoms with Crippen LogP contribution < -0.4 is 5.32 Å². The van der Waals surface area contributed by atoms with Gasteiger partial charge in [-0.05, 0) is 57.8 Å². The Labute approximate surface area is 443 Å². The Kier molecular flexibility index (Phi) is 59.0. The van der Waals surface area contributed by atoms with Gasteiger partial charge < -0.3 is 20.3 Å². The van der Waals surface area contributed by atoms with E-state index >= 15 is 0 Å². The topological polar surface area (TPSA) is 95.9 Å². The van der Waals surface area contributed by atoms with E-state index in [1.165, 1.54) is 263 Å². The van der Waals surface area contributed by atoms with Crippen LogP contribution in [0.5, 0.6) is 0 Å². The number of nitrogens with one attached hydrogen (secondary N) is 1. The Morgan fingerprint density at radius 2 is 0.718 bits per heavy atom. The number of unbranched alkanes of at least 4 members (excludes halogenated alkanes) is 44. The minimum absolute atomic E-state index is 0.00181. The van der Waals surface area contributed by atoms with Crippen LogP contribution in [0, 0.1) is 0 Å². The summed E-state index contributed by atoms with van der Waals surface area (Å²) in [6, 6.07) is -0.629. The first-order chi connectivity index (χ1) is 35.0. The van der Waals surface area contributed by atoms with Crippen molar-refractivity contribution in [1.29, 1.82) is 0 Å². The van der Waals surface area contributed by atoms with E-state index in [9.17, 15) is 19.8 Å². The second-order valence-electron chi connectivity index (χ2n) is 21.7. The van der Waals surface area contributed by atoms with Crippen LogP contribution in [-0.2, 0) is 14.3 Å². The molecule has 0 spiro atoms. The number of carbonyl (C=O) groups excluding carboxylic acids is 2. The van der Waals surface area contributed by atoms with Crippen molar-refractivity contribution in [2.24, 2.45) is 0 Å². The molecule has 0 fully saturated rings. The SMILES string of the molecule is CCCC/C=C\C/C=C\CCCCCCCC(=O)OCCCCCCCCCCCCCCCCCCCCCCCCC(=O)NC(CO)C(O)/C=C/CCCCCCCCCCCCCCCCCC. The zero-order chi connectivity index (χ0) is 51.4. The average molecular weight is 999 g/mol. The Morgan fingerprint density at radius 3 is 1.11 bits per heavy atom. The number of ether oxygens (including phenoxy) is 1. The summed E-state index contributed by atoms with van der Waals surface area (Å²) in [6.45, 7) is 4.88. The van der Waals surface area contributed by atoms with Gasteiger partial charge in [-0.1, -0.05) is 307 Å². The van der Waals surface area contributed by atoms with Gasteiger partial charge in [-0.3, -0.25) is 9.59 Å². The molecule has 0 aromatic carbocycles.